The van der Waals surface area contributed by atoms with Gasteiger partial charge in [-0.05, 0) is 43.2 Å². The molecular weight excluding hydrogens is 356 g/mol. The van der Waals surface area contributed by atoms with Gasteiger partial charge in [-0.2, -0.15) is 5.26 Å². The van der Waals surface area contributed by atoms with Gasteiger partial charge in [-0.15, -0.1) is 0 Å². The molecule has 6 heteroatoms. The number of aryl methyl sites for hydroxylation is 2. The van der Waals surface area contributed by atoms with Gasteiger partial charge < -0.3 is 5.32 Å². The molecule has 0 spiro atoms. The van der Waals surface area contributed by atoms with Crippen LogP contribution in [0.1, 0.15) is 16.7 Å². The van der Waals surface area contributed by atoms with Crippen LogP contribution in [0.25, 0.3) is 5.69 Å². The lowest BCUT2D eigenvalue weighted by atomic mass is 10.1. The van der Waals surface area contributed by atoms with E-state index >= 15 is 0 Å². The van der Waals surface area contributed by atoms with E-state index < -0.39 is 0 Å². The number of carbonyl (C=O) groups is 1. The van der Waals surface area contributed by atoms with Crippen LogP contribution in [0.3, 0.4) is 0 Å². The van der Waals surface area contributed by atoms with Crippen molar-refractivity contribution in [2.45, 2.75) is 25.4 Å². The van der Waals surface area contributed by atoms with Gasteiger partial charge in [0.1, 0.15) is 0 Å². The molecule has 1 amide bonds. The molecule has 27 heavy (non-hydrogen) atoms. The van der Waals surface area contributed by atoms with Crippen LogP contribution in [0, 0.1) is 25.2 Å². The Bertz CT molecular complexity index is 986. The van der Waals surface area contributed by atoms with Crippen LogP contribution >= 0.6 is 11.8 Å². The van der Waals surface area contributed by atoms with Gasteiger partial charge in [-0.3, -0.25) is 9.36 Å². The maximum atomic E-state index is 12.3. The van der Waals surface area contributed by atoms with E-state index in [0.29, 0.717) is 6.42 Å². The molecule has 0 radical (unpaired) electrons. The highest BCUT2D eigenvalue weighted by molar-refractivity contribution is 7.99. The van der Waals surface area contributed by atoms with Crippen LogP contribution in [-0.4, -0.2) is 21.2 Å². The summed E-state index contributed by atoms with van der Waals surface area (Å²) in [5.74, 6) is 0.171. The summed E-state index contributed by atoms with van der Waals surface area (Å²) in [5.41, 5.74) is 5.09. The Hall–Kier alpha value is -3.04. The number of aromatic nitrogens is 2. The summed E-state index contributed by atoms with van der Waals surface area (Å²) in [7, 11) is 0. The minimum atomic E-state index is -0.0942. The van der Waals surface area contributed by atoms with Gasteiger partial charge >= 0.3 is 0 Å². The lowest BCUT2D eigenvalue weighted by molar-refractivity contribution is -0.113. The fraction of sp³-hybridized carbons (Fsp3) is 0.190. The van der Waals surface area contributed by atoms with Crippen LogP contribution < -0.4 is 5.32 Å². The number of amides is 1. The SMILES string of the molecule is Cc1ccc(-n2ccnc2SCC(=O)Nc2ccc(CC#N)cc2)c(C)c1. The highest BCUT2D eigenvalue weighted by Crippen LogP contribution is 2.23. The molecule has 0 aliphatic carbocycles. The average Bonchev–Trinajstić information content (AvgIpc) is 3.10. The Balaban J connectivity index is 1.63. The summed E-state index contributed by atoms with van der Waals surface area (Å²) in [6.07, 6.45) is 4.02. The first kappa shape index (κ1) is 18.7. The molecule has 3 aromatic rings. The van der Waals surface area contributed by atoms with Crippen LogP contribution in [0.15, 0.2) is 60.0 Å². The van der Waals surface area contributed by atoms with Gasteiger partial charge in [0.2, 0.25) is 5.91 Å². The van der Waals surface area contributed by atoms with Crippen molar-refractivity contribution in [3.8, 4) is 11.8 Å². The summed E-state index contributed by atoms with van der Waals surface area (Å²) < 4.78 is 2.00. The summed E-state index contributed by atoms with van der Waals surface area (Å²) >= 11 is 1.40. The molecule has 0 bridgehead atoms. The van der Waals surface area contributed by atoms with Crippen molar-refractivity contribution in [2.75, 3.05) is 11.1 Å². The predicted octanol–water partition coefficient (Wildman–Crippen LogP) is 4.29. The normalized spacial score (nSPS) is 10.4. The quantitative estimate of drug-likeness (QED) is 0.652. The highest BCUT2D eigenvalue weighted by Gasteiger charge is 2.11. The first-order valence-corrected chi connectivity index (χ1v) is 9.55. The molecular formula is C21H20N4OS. The third-order valence-corrected chi connectivity index (χ3v) is 5.04. The fourth-order valence-electron chi connectivity index (χ4n) is 2.78. The zero-order valence-corrected chi connectivity index (χ0v) is 16.1. The van der Waals surface area contributed by atoms with Crippen LogP contribution in [-0.2, 0) is 11.2 Å². The van der Waals surface area contributed by atoms with E-state index in [1.165, 1.54) is 17.3 Å². The number of hydrogen-bond donors (Lipinski definition) is 1. The lowest BCUT2D eigenvalue weighted by Crippen LogP contribution is -2.14. The van der Waals surface area contributed by atoms with Crippen molar-refractivity contribution in [2.24, 2.45) is 0 Å². The van der Waals surface area contributed by atoms with Gasteiger partial charge in [-0.1, -0.05) is 41.6 Å². The number of benzene rings is 2. The van der Waals surface area contributed by atoms with Gasteiger partial charge in [-0.25, -0.2) is 4.98 Å². The van der Waals surface area contributed by atoms with Gasteiger partial charge in [0.25, 0.3) is 0 Å². The van der Waals surface area contributed by atoms with Crippen molar-refractivity contribution >= 4 is 23.4 Å². The topological polar surface area (TPSA) is 70.7 Å². The summed E-state index contributed by atoms with van der Waals surface area (Å²) in [6, 6.07) is 15.7. The predicted molar refractivity (Wildman–Crippen MR) is 108 cm³/mol. The van der Waals surface area contributed by atoms with Gasteiger partial charge in [0.05, 0.1) is 23.9 Å². The maximum Gasteiger partial charge on any atom is 0.234 e. The molecule has 5 nitrogen and oxygen atoms in total. The minimum Gasteiger partial charge on any atom is -0.325 e. The Morgan fingerprint density at radius 3 is 2.70 bits per heavy atom. The summed E-state index contributed by atoms with van der Waals surface area (Å²) in [5, 5.41) is 12.4. The first-order chi connectivity index (χ1) is 13.1. The zero-order valence-electron chi connectivity index (χ0n) is 15.3. The lowest BCUT2D eigenvalue weighted by Gasteiger charge is -2.11. The molecule has 0 atom stereocenters. The second-order valence-electron chi connectivity index (χ2n) is 6.24. The molecule has 1 N–H and O–H groups in total. The standard InChI is InChI=1S/C21H20N4OS/c1-15-3-8-19(16(2)13-15)25-12-11-23-21(25)27-14-20(26)24-18-6-4-17(5-7-18)9-10-22/h3-8,11-13H,9,14H2,1-2H3,(H,24,26). The fourth-order valence-corrected chi connectivity index (χ4v) is 3.55. The molecule has 3 rings (SSSR count). The van der Waals surface area contributed by atoms with Gasteiger partial charge in [0, 0.05) is 18.1 Å². The number of rotatable bonds is 6. The Kier molecular flexibility index (Phi) is 5.94. The first-order valence-electron chi connectivity index (χ1n) is 8.56. The molecule has 0 fully saturated rings. The molecule has 0 aliphatic heterocycles. The Morgan fingerprint density at radius 1 is 1.22 bits per heavy atom. The van der Waals surface area contributed by atoms with E-state index in [4.69, 9.17) is 5.26 Å². The number of anilines is 1. The second-order valence-corrected chi connectivity index (χ2v) is 7.18. The number of thioether (sulfide) groups is 1. The smallest absolute Gasteiger partial charge is 0.234 e. The summed E-state index contributed by atoms with van der Waals surface area (Å²) in [4.78, 5) is 16.6. The van der Waals surface area contributed by atoms with Crippen LogP contribution in [0.4, 0.5) is 5.69 Å². The van der Waals surface area contributed by atoms with E-state index in [-0.39, 0.29) is 11.7 Å². The molecule has 0 unspecified atom stereocenters. The molecule has 0 aliphatic rings. The Morgan fingerprint density at radius 2 is 2.00 bits per heavy atom. The number of nitriles is 1. The highest BCUT2D eigenvalue weighted by atomic mass is 32.2. The second kappa shape index (κ2) is 8.56. The number of hydrogen-bond acceptors (Lipinski definition) is 4. The zero-order chi connectivity index (χ0) is 19.2. The van der Waals surface area contributed by atoms with E-state index in [9.17, 15) is 4.79 Å². The molecule has 0 saturated heterocycles. The number of imidazole rings is 1. The molecule has 2 aromatic carbocycles. The summed E-state index contributed by atoms with van der Waals surface area (Å²) in [6.45, 7) is 4.14. The van der Waals surface area contributed by atoms with Crippen molar-refractivity contribution in [1.82, 2.24) is 9.55 Å². The van der Waals surface area contributed by atoms with Crippen molar-refractivity contribution in [3.63, 3.8) is 0 Å². The van der Waals surface area contributed by atoms with Crippen molar-refractivity contribution in [1.29, 1.82) is 5.26 Å². The average molecular weight is 376 g/mol. The van der Waals surface area contributed by atoms with E-state index in [0.717, 1.165) is 27.7 Å². The number of nitrogens with zero attached hydrogens (tertiary/aromatic N) is 3. The van der Waals surface area contributed by atoms with Crippen LogP contribution in [0.5, 0.6) is 0 Å². The number of nitrogens with one attached hydrogen (secondary N) is 1. The number of carbonyl (C=O) groups excluding carboxylic acids is 1. The van der Waals surface area contributed by atoms with Gasteiger partial charge in [0.15, 0.2) is 5.16 Å². The molecule has 1 heterocycles. The molecule has 136 valence electrons. The Labute approximate surface area is 163 Å². The third-order valence-electron chi connectivity index (χ3n) is 4.07. The van der Waals surface area contributed by atoms with Crippen molar-refractivity contribution in [3.05, 3.63) is 71.5 Å². The molecule has 1 aromatic heterocycles. The maximum absolute atomic E-state index is 12.3. The molecule has 0 saturated carbocycles. The largest absolute Gasteiger partial charge is 0.325 e. The van der Waals surface area contributed by atoms with Crippen LogP contribution in [0.2, 0.25) is 0 Å². The van der Waals surface area contributed by atoms with E-state index in [2.05, 4.69) is 48.4 Å². The van der Waals surface area contributed by atoms with E-state index in [1.54, 1.807) is 6.20 Å². The van der Waals surface area contributed by atoms with E-state index in [1.807, 2.05) is 35.0 Å². The third kappa shape index (κ3) is 4.78. The minimum absolute atomic E-state index is 0.0942. The monoisotopic (exact) mass is 376 g/mol. The van der Waals surface area contributed by atoms with Crippen molar-refractivity contribution < 1.29 is 4.79 Å².